The second kappa shape index (κ2) is 5.93. The van der Waals surface area contributed by atoms with Crippen LogP contribution in [0, 0.1) is 0 Å². The molecule has 2 rings (SSSR count). The van der Waals surface area contributed by atoms with Crippen molar-refractivity contribution in [2.45, 2.75) is 6.92 Å². The number of ketones is 1. The van der Waals surface area contributed by atoms with Gasteiger partial charge < -0.3 is 4.74 Å². The summed E-state index contributed by atoms with van der Waals surface area (Å²) in [6, 6.07) is 14.2. The van der Waals surface area contributed by atoms with E-state index in [1.807, 2.05) is 0 Å². The van der Waals surface area contributed by atoms with E-state index in [1.165, 1.54) is 31.2 Å². The smallest absolute Gasteiger partial charge is 0.346 e. The summed E-state index contributed by atoms with van der Waals surface area (Å²) in [6.07, 6.45) is 0. The number of ether oxygens (including phenoxy) is 1. The largest absolute Gasteiger partial charge is 0.386 e. The van der Waals surface area contributed by atoms with Crippen molar-refractivity contribution in [1.29, 1.82) is 0 Å². The van der Waals surface area contributed by atoms with Crippen LogP contribution in [-0.4, -0.2) is 17.7 Å². The standard InChI is InChI=1S/C16H12O4/c1-11(17)12-7-9-14(10-8-12)16(19)20-15(18)13-5-3-2-4-6-13/h2-10H,1H3. The molecule has 4 heteroatoms. The van der Waals surface area contributed by atoms with Crippen LogP contribution in [0.5, 0.6) is 0 Å². The van der Waals surface area contributed by atoms with Gasteiger partial charge in [-0.05, 0) is 31.2 Å². The van der Waals surface area contributed by atoms with Crippen molar-refractivity contribution in [2.24, 2.45) is 0 Å². The lowest BCUT2D eigenvalue weighted by Gasteiger charge is -2.03. The Labute approximate surface area is 116 Å². The summed E-state index contributed by atoms with van der Waals surface area (Å²) < 4.78 is 4.76. The molecular weight excluding hydrogens is 256 g/mol. The SMILES string of the molecule is CC(=O)c1ccc(C(=O)OC(=O)c2ccccc2)cc1. The van der Waals surface area contributed by atoms with Crippen LogP contribution in [0.1, 0.15) is 38.0 Å². The van der Waals surface area contributed by atoms with Crippen molar-refractivity contribution >= 4 is 17.7 Å². The van der Waals surface area contributed by atoms with Crippen LogP contribution >= 0.6 is 0 Å². The maximum Gasteiger partial charge on any atom is 0.346 e. The first-order chi connectivity index (χ1) is 9.58. The molecule has 100 valence electrons. The highest BCUT2D eigenvalue weighted by Crippen LogP contribution is 2.09. The van der Waals surface area contributed by atoms with Gasteiger partial charge in [0.2, 0.25) is 0 Å². The molecule has 0 saturated heterocycles. The second-order valence-corrected chi connectivity index (χ2v) is 4.18. The van der Waals surface area contributed by atoms with Crippen LogP contribution in [0.15, 0.2) is 54.6 Å². The highest BCUT2D eigenvalue weighted by molar-refractivity contribution is 6.03. The van der Waals surface area contributed by atoms with Crippen molar-refractivity contribution in [1.82, 2.24) is 0 Å². The second-order valence-electron chi connectivity index (χ2n) is 4.18. The van der Waals surface area contributed by atoms with Crippen LogP contribution in [0.25, 0.3) is 0 Å². The summed E-state index contributed by atoms with van der Waals surface area (Å²) >= 11 is 0. The Bertz CT molecular complexity index is 642. The van der Waals surface area contributed by atoms with Crippen LogP contribution in [-0.2, 0) is 4.74 Å². The van der Waals surface area contributed by atoms with Gasteiger partial charge in [0.05, 0.1) is 11.1 Å². The molecule has 4 nitrogen and oxygen atoms in total. The summed E-state index contributed by atoms with van der Waals surface area (Å²) in [4.78, 5) is 34.6. The van der Waals surface area contributed by atoms with Crippen LogP contribution in [0.3, 0.4) is 0 Å². The van der Waals surface area contributed by atoms with Gasteiger partial charge in [-0.15, -0.1) is 0 Å². The highest BCUT2D eigenvalue weighted by Gasteiger charge is 2.14. The Morgan fingerprint density at radius 2 is 1.15 bits per heavy atom. The molecule has 0 fully saturated rings. The number of benzene rings is 2. The Morgan fingerprint density at radius 3 is 1.65 bits per heavy atom. The number of hydrogen-bond acceptors (Lipinski definition) is 4. The summed E-state index contributed by atoms with van der Waals surface area (Å²) in [5, 5.41) is 0. The zero-order chi connectivity index (χ0) is 14.5. The van der Waals surface area contributed by atoms with Crippen LogP contribution < -0.4 is 0 Å². The Hall–Kier alpha value is -2.75. The van der Waals surface area contributed by atoms with E-state index in [9.17, 15) is 14.4 Å². The highest BCUT2D eigenvalue weighted by atomic mass is 16.6. The van der Waals surface area contributed by atoms with Gasteiger partial charge >= 0.3 is 11.9 Å². The van der Waals surface area contributed by atoms with E-state index >= 15 is 0 Å². The molecule has 0 aliphatic heterocycles. The van der Waals surface area contributed by atoms with Gasteiger partial charge in [0.25, 0.3) is 0 Å². The number of rotatable bonds is 3. The van der Waals surface area contributed by atoms with E-state index in [2.05, 4.69) is 0 Å². The number of carbonyl (C=O) groups is 3. The summed E-state index contributed by atoms with van der Waals surface area (Å²) in [7, 11) is 0. The quantitative estimate of drug-likeness (QED) is 0.488. The maximum atomic E-state index is 11.8. The molecule has 0 spiro atoms. The molecular formula is C16H12O4. The van der Waals surface area contributed by atoms with E-state index in [1.54, 1.807) is 30.3 Å². The van der Waals surface area contributed by atoms with E-state index in [-0.39, 0.29) is 11.3 Å². The third-order valence-electron chi connectivity index (χ3n) is 2.72. The number of carbonyl (C=O) groups excluding carboxylic acids is 3. The molecule has 0 heterocycles. The molecule has 2 aromatic rings. The molecule has 0 radical (unpaired) electrons. The third-order valence-corrected chi connectivity index (χ3v) is 2.72. The predicted octanol–water partition coefficient (Wildman–Crippen LogP) is 2.89. The first-order valence-corrected chi connectivity index (χ1v) is 6.00. The number of Topliss-reactive ketones (excluding diaryl/α,β-unsaturated/α-hetero) is 1. The predicted molar refractivity (Wildman–Crippen MR) is 72.6 cm³/mol. The minimum atomic E-state index is -0.742. The van der Waals surface area contributed by atoms with Gasteiger partial charge in [-0.1, -0.05) is 30.3 Å². The molecule has 0 aromatic heterocycles. The van der Waals surface area contributed by atoms with Crippen molar-refractivity contribution in [3.63, 3.8) is 0 Å². The average molecular weight is 268 g/mol. The van der Waals surface area contributed by atoms with E-state index < -0.39 is 11.9 Å². The van der Waals surface area contributed by atoms with Crippen LogP contribution in [0.2, 0.25) is 0 Å². The summed E-state index contributed by atoms with van der Waals surface area (Å²) in [5.74, 6) is -1.54. The van der Waals surface area contributed by atoms with Crippen LogP contribution in [0.4, 0.5) is 0 Å². The summed E-state index contributed by atoms with van der Waals surface area (Å²) in [5.41, 5.74) is 1.02. The Morgan fingerprint density at radius 1 is 0.700 bits per heavy atom. The topological polar surface area (TPSA) is 60.4 Å². The fraction of sp³-hybridized carbons (Fsp3) is 0.0625. The minimum Gasteiger partial charge on any atom is -0.386 e. The van der Waals surface area contributed by atoms with Crippen molar-refractivity contribution in [3.05, 3.63) is 71.3 Å². The van der Waals surface area contributed by atoms with Gasteiger partial charge in [-0.25, -0.2) is 9.59 Å². The van der Waals surface area contributed by atoms with Crippen molar-refractivity contribution < 1.29 is 19.1 Å². The Balaban J connectivity index is 2.08. The fourth-order valence-corrected chi connectivity index (χ4v) is 1.62. The monoisotopic (exact) mass is 268 g/mol. The summed E-state index contributed by atoms with van der Waals surface area (Å²) in [6.45, 7) is 1.44. The van der Waals surface area contributed by atoms with E-state index in [0.717, 1.165) is 0 Å². The Kier molecular flexibility index (Phi) is 4.05. The molecule has 0 unspecified atom stereocenters. The van der Waals surface area contributed by atoms with Crippen molar-refractivity contribution in [2.75, 3.05) is 0 Å². The van der Waals surface area contributed by atoms with Gasteiger partial charge in [0, 0.05) is 5.56 Å². The molecule has 0 amide bonds. The van der Waals surface area contributed by atoms with Gasteiger partial charge in [0.15, 0.2) is 5.78 Å². The third kappa shape index (κ3) is 3.17. The van der Waals surface area contributed by atoms with E-state index in [0.29, 0.717) is 11.1 Å². The zero-order valence-electron chi connectivity index (χ0n) is 10.8. The van der Waals surface area contributed by atoms with E-state index in [4.69, 9.17) is 4.74 Å². The lowest BCUT2D eigenvalue weighted by molar-refractivity contribution is 0.0397. The number of esters is 2. The molecule has 0 aliphatic carbocycles. The fourth-order valence-electron chi connectivity index (χ4n) is 1.62. The average Bonchev–Trinajstić information content (AvgIpc) is 2.48. The minimum absolute atomic E-state index is 0.0923. The molecule has 0 atom stereocenters. The molecule has 0 N–H and O–H groups in total. The first kappa shape index (κ1) is 13.7. The molecule has 0 aliphatic rings. The first-order valence-electron chi connectivity index (χ1n) is 6.00. The normalized spacial score (nSPS) is 9.85. The lowest BCUT2D eigenvalue weighted by atomic mass is 10.1. The van der Waals surface area contributed by atoms with Gasteiger partial charge in [-0.3, -0.25) is 4.79 Å². The molecule has 0 saturated carbocycles. The molecule has 0 bridgehead atoms. The van der Waals surface area contributed by atoms with Gasteiger partial charge in [-0.2, -0.15) is 0 Å². The lowest BCUT2D eigenvalue weighted by Crippen LogP contribution is -2.12. The maximum absolute atomic E-state index is 11.8. The molecule has 2 aromatic carbocycles. The molecule has 20 heavy (non-hydrogen) atoms. The number of hydrogen-bond donors (Lipinski definition) is 0. The zero-order valence-corrected chi connectivity index (χ0v) is 10.8. The van der Waals surface area contributed by atoms with Crippen molar-refractivity contribution in [3.8, 4) is 0 Å². The van der Waals surface area contributed by atoms with Gasteiger partial charge in [0.1, 0.15) is 0 Å².